The Morgan fingerprint density at radius 1 is 1.15 bits per heavy atom. The number of phenols is 1. The van der Waals surface area contributed by atoms with Gasteiger partial charge in [0.25, 0.3) is 5.91 Å². The number of carbonyl (C=O) groups excluding carboxylic acids is 1. The van der Waals surface area contributed by atoms with Gasteiger partial charge >= 0.3 is 0 Å². The van der Waals surface area contributed by atoms with E-state index in [1.165, 1.54) is 17.2 Å². The molecule has 0 aromatic heterocycles. The van der Waals surface area contributed by atoms with Gasteiger partial charge in [0.2, 0.25) is 0 Å². The highest BCUT2D eigenvalue weighted by Gasteiger charge is 2.12. The van der Waals surface area contributed by atoms with Crippen molar-refractivity contribution in [2.24, 2.45) is 0 Å². The summed E-state index contributed by atoms with van der Waals surface area (Å²) in [5.41, 5.74) is 3.71. The van der Waals surface area contributed by atoms with Crippen molar-refractivity contribution in [1.82, 2.24) is 5.32 Å². The molecule has 0 atom stereocenters. The van der Waals surface area contributed by atoms with Gasteiger partial charge in [0.1, 0.15) is 5.75 Å². The lowest BCUT2D eigenvalue weighted by Crippen LogP contribution is -2.24. The lowest BCUT2D eigenvalue weighted by atomic mass is 9.98. The molecule has 0 saturated heterocycles. The minimum atomic E-state index is -0.163. The van der Waals surface area contributed by atoms with Gasteiger partial charge in [-0.15, -0.1) is 0 Å². The monoisotopic (exact) mass is 268 g/mol. The maximum atomic E-state index is 12.2. The Morgan fingerprint density at radius 2 is 2.05 bits per heavy atom. The summed E-state index contributed by atoms with van der Waals surface area (Å²) in [5, 5.41) is 15.5. The molecule has 2 aromatic carbocycles. The Kier molecular flexibility index (Phi) is 3.39. The quantitative estimate of drug-likeness (QED) is 0.783. The first-order valence-electron chi connectivity index (χ1n) is 6.65. The van der Waals surface area contributed by atoms with Crippen molar-refractivity contribution in [3.05, 3.63) is 59.2 Å². The molecule has 0 radical (unpaired) electrons. The Balaban J connectivity index is 1.80. The number of rotatable bonds is 2. The zero-order valence-electron chi connectivity index (χ0n) is 11.0. The Bertz CT molecular complexity index is 653. The fraction of sp³-hybridized carbons (Fsp3) is 0.188. The highest BCUT2D eigenvalue weighted by Crippen LogP contribution is 2.19. The van der Waals surface area contributed by atoms with Gasteiger partial charge in [-0.25, -0.2) is 0 Å². The van der Waals surface area contributed by atoms with Crippen LogP contribution in [-0.4, -0.2) is 17.6 Å². The predicted molar refractivity (Wildman–Crippen MR) is 77.9 cm³/mol. The number of aromatic hydroxyl groups is 1. The summed E-state index contributed by atoms with van der Waals surface area (Å²) in [6.45, 7) is 1.80. The van der Waals surface area contributed by atoms with Crippen LogP contribution in [0, 0.1) is 0 Å². The van der Waals surface area contributed by atoms with E-state index in [2.05, 4.69) is 10.6 Å². The van der Waals surface area contributed by atoms with E-state index in [1.54, 1.807) is 18.2 Å². The SMILES string of the molecule is O=C(Nc1cccc(O)c1)c1ccc2c(c1)CNCC2. The summed E-state index contributed by atoms with van der Waals surface area (Å²) in [7, 11) is 0. The molecule has 1 heterocycles. The van der Waals surface area contributed by atoms with E-state index in [0.717, 1.165) is 19.5 Å². The second-order valence-electron chi connectivity index (χ2n) is 4.91. The molecule has 3 rings (SSSR count). The second-order valence-corrected chi connectivity index (χ2v) is 4.91. The smallest absolute Gasteiger partial charge is 0.255 e. The molecule has 0 saturated carbocycles. The Morgan fingerprint density at radius 3 is 2.90 bits per heavy atom. The molecular formula is C16H16N2O2. The molecule has 4 heteroatoms. The number of fused-ring (bicyclic) bond motifs is 1. The molecule has 1 aliphatic heterocycles. The summed E-state index contributed by atoms with van der Waals surface area (Å²) < 4.78 is 0. The lowest BCUT2D eigenvalue weighted by molar-refractivity contribution is 0.102. The molecule has 0 aliphatic carbocycles. The summed E-state index contributed by atoms with van der Waals surface area (Å²) in [6, 6.07) is 12.3. The Hall–Kier alpha value is -2.33. The number of benzene rings is 2. The maximum Gasteiger partial charge on any atom is 0.255 e. The predicted octanol–water partition coefficient (Wildman–Crippen LogP) is 2.29. The van der Waals surface area contributed by atoms with E-state index in [0.29, 0.717) is 11.3 Å². The van der Waals surface area contributed by atoms with Crippen molar-refractivity contribution in [3.63, 3.8) is 0 Å². The van der Waals surface area contributed by atoms with Crippen molar-refractivity contribution in [1.29, 1.82) is 0 Å². The molecule has 1 aliphatic rings. The van der Waals surface area contributed by atoms with Crippen molar-refractivity contribution in [3.8, 4) is 5.75 Å². The molecule has 0 fully saturated rings. The fourth-order valence-corrected chi connectivity index (χ4v) is 2.41. The van der Waals surface area contributed by atoms with E-state index in [4.69, 9.17) is 0 Å². The van der Waals surface area contributed by atoms with Crippen molar-refractivity contribution in [2.75, 3.05) is 11.9 Å². The minimum Gasteiger partial charge on any atom is -0.508 e. The van der Waals surface area contributed by atoms with Gasteiger partial charge in [-0.05, 0) is 48.4 Å². The number of amides is 1. The topological polar surface area (TPSA) is 61.4 Å². The van der Waals surface area contributed by atoms with Gasteiger partial charge in [-0.1, -0.05) is 12.1 Å². The molecule has 4 nitrogen and oxygen atoms in total. The molecule has 2 aromatic rings. The van der Waals surface area contributed by atoms with Gasteiger partial charge < -0.3 is 15.7 Å². The van der Waals surface area contributed by atoms with Crippen LogP contribution in [0.3, 0.4) is 0 Å². The largest absolute Gasteiger partial charge is 0.508 e. The van der Waals surface area contributed by atoms with Gasteiger partial charge in [0.05, 0.1) is 0 Å². The first-order valence-corrected chi connectivity index (χ1v) is 6.65. The van der Waals surface area contributed by atoms with Crippen LogP contribution in [0.5, 0.6) is 5.75 Å². The van der Waals surface area contributed by atoms with E-state index in [-0.39, 0.29) is 11.7 Å². The standard InChI is InChI=1S/C16H16N2O2/c19-15-3-1-2-14(9-15)18-16(20)12-5-4-11-6-7-17-10-13(11)8-12/h1-5,8-9,17,19H,6-7,10H2,(H,18,20). The van der Waals surface area contributed by atoms with Crippen LogP contribution in [0.15, 0.2) is 42.5 Å². The van der Waals surface area contributed by atoms with Crippen LogP contribution in [0.25, 0.3) is 0 Å². The highest BCUT2D eigenvalue weighted by atomic mass is 16.3. The summed E-state index contributed by atoms with van der Waals surface area (Å²) >= 11 is 0. The summed E-state index contributed by atoms with van der Waals surface area (Å²) in [4.78, 5) is 12.2. The number of anilines is 1. The van der Waals surface area contributed by atoms with E-state index in [1.807, 2.05) is 18.2 Å². The van der Waals surface area contributed by atoms with Crippen LogP contribution in [0.2, 0.25) is 0 Å². The van der Waals surface area contributed by atoms with E-state index < -0.39 is 0 Å². The normalized spacial score (nSPS) is 13.6. The molecule has 0 unspecified atom stereocenters. The second kappa shape index (κ2) is 5.35. The first kappa shape index (κ1) is 12.7. The van der Waals surface area contributed by atoms with Crippen LogP contribution < -0.4 is 10.6 Å². The average Bonchev–Trinajstić information content (AvgIpc) is 2.47. The van der Waals surface area contributed by atoms with Gasteiger partial charge in [-0.2, -0.15) is 0 Å². The van der Waals surface area contributed by atoms with Crippen LogP contribution in [0.4, 0.5) is 5.69 Å². The molecule has 0 spiro atoms. The molecular weight excluding hydrogens is 252 g/mol. The summed E-state index contributed by atoms with van der Waals surface area (Å²) in [5.74, 6) is -0.0265. The third-order valence-electron chi connectivity index (χ3n) is 3.46. The molecule has 0 bridgehead atoms. The summed E-state index contributed by atoms with van der Waals surface area (Å²) in [6.07, 6.45) is 1.00. The third kappa shape index (κ3) is 2.65. The zero-order chi connectivity index (χ0) is 13.9. The van der Waals surface area contributed by atoms with Gasteiger partial charge in [0.15, 0.2) is 0 Å². The first-order chi connectivity index (χ1) is 9.72. The van der Waals surface area contributed by atoms with Crippen LogP contribution in [0.1, 0.15) is 21.5 Å². The fourth-order valence-electron chi connectivity index (χ4n) is 2.41. The van der Waals surface area contributed by atoms with Crippen molar-refractivity contribution in [2.45, 2.75) is 13.0 Å². The zero-order valence-corrected chi connectivity index (χ0v) is 11.0. The number of phenolic OH excluding ortho intramolecular Hbond substituents is 1. The van der Waals surface area contributed by atoms with E-state index in [9.17, 15) is 9.90 Å². The Labute approximate surface area is 117 Å². The van der Waals surface area contributed by atoms with E-state index >= 15 is 0 Å². The highest BCUT2D eigenvalue weighted by molar-refractivity contribution is 6.04. The number of nitrogens with one attached hydrogen (secondary N) is 2. The molecule has 20 heavy (non-hydrogen) atoms. The van der Waals surface area contributed by atoms with Crippen LogP contribution in [-0.2, 0) is 13.0 Å². The number of hydrogen-bond donors (Lipinski definition) is 3. The van der Waals surface area contributed by atoms with Gasteiger partial charge in [0, 0.05) is 23.9 Å². The van der Waals surface area contributed by atoms with Crippen molar-refractivity contribution >= 4 is 11.6 Å². The number of hydrogen-bond acceptors (Lipinski definition) is 3. The molecule has 102 valence electrons. The molecule has 1 amide bonds. The minimum absolute atomic E-state index is 0.137. The lowest BCUT2D eigenvalue weighted by Gasteiger charge is -2.17. The maximum absolute atomic E-state index is 12.2. The third-order valence-corrected chi connectivity index (χ3v) is 3.46. The van der Waals surface area contributed by atoms with Gasteiger partial charge in [-0.3, -0.25) is 4.79 Å². The average molecular weight is 268 g/mol. The van der Waals surface area contributed by atoms with Crippen LogP contribution >= 0.6 is 0 Å². The van der Waals surface area contributed by atoms with Crippen molar-refractivity contribution < 1.29 is 9.90 Å². The molecule has 3 N–H and O–H groups in total. The number of carbonyl (C=O) groups is 1.